The Hall–Kier alpha value is -2.49. The Bertz CT molecular complexity index is 891. The van der Waals surface area contributed by atoms with E-state index in [1.54, 1.807) is 0 Å². The molecule has 0 aromatic carbocycles. The molecule has 0 bridgehead atoms. The number of aromatic nitrogens is 4. The van der Waals surface area contributed by atoms with Gasteiger partial charge in [-0.2, -0.15) is 4.57 Å². The number of hydrogen-bond donors (Lipinski definition) is 0. The van der Waals surface area contributed by atoms with Gasteiger partial charge in [-0.1, -0.05) is 5.10 Å². The van der Waals surface area contributed by atoms with E-state index in [-0.39, 0.29) is 0 Å². The van der Waals surface area contributed by atoms with Crippen molar-refractivity contribution in [2.24, 2.45) is 14.1 Å². The molecule has 3 heterocycles. The molecular formula is C19H24N4+2. The molecule has 0 saturated carbocycles. The van der Waals surface area contributed by atoms with Crippen LogP contribution in [0.2, 0.25) is 0 Å². The van der Waals surface area contributed by atoms with E-state index in [0.29, 0.717) is 0 Å². The van der Waals surface area contributed by atoms with Gasteiger partial charge in [0.25, 0.3) is 5.69 Å². The third-order valence-corrected chi connectivity index (χ3v) is 4.47. The molecule has 3 aromatic heterocycles. The Morgan fingerprint density at radius 3 is 2.26 bits per heavy atom. The fourth-order valence-electron chi connectivity index (χ4n) is 2.88. The average Bonchev–Trinajstić information content (AvgIpc) is 2.84. The SMILES string of the molecule is Cc1cc[n+](C)c(-c2cc(C)cc(-n3ncc(C)c3C)[n+]2C)c1. The van der Waals surface area contributed by atoms with Gasteiger partial charge < -0.3 is 0 Å². The predicted molar refractivity (Wildman–Crippen MR) is 90.3 cm³/mol. The topological polar surface area (TPSA) is 25.6 Å². The van der Waals surface area contributed by atoms with Crippen LogP contribution in [0.15, 0.2) is 36.7 Å². The summed E-state index contributed by atoms with van der Waals surface area (Å²) in [5.74, 6) is 1.08. The van der Waals surface area contributed by atoms with E-state index < -0.39 is 0 Å². The average molecular weight is 308 g/mol. The van der Waals surface area contributed by atoms with Crippen LogP contribution in [0.25, 0.3) is 17.2 Å². The van der Waals surface area contributed by atoms with Crippen LogP contribution in [0.1, 0.15) is 22.4 Å². The summed E-state index contributed by atoms with van der Waals surface area (Å²) in [6, 6.07) is 8.75. The first kappa shape index (κ1) is 15.4. The van der Waals surface area contributed by atoms with Crippen LogP contribution in [0.3, 0.4) is 0 Å². The second-order valence-electron chi connectivity index (χ2n) is 6.36. The predicted octanol–water partition coefficient (Wildman–Crippen LogP) is 2.42. The lowest BCUT2D eigenvalue weighted by atomic mass is 10.1. The Morgan fingerprint density at radius 1 is 0.913 bits per heavy atom. The molecule has 0 atom stereocenters. The maximum absolute atomic E-state index is 4.55. The standard InChI is InChI=1S/C19H24N4/c1-13-7-8-21(5)17(9-13)18-10-14(2)11-19(22(18)6)23-16(4)15(3)12-20-23/h7-12H,1-6H3/q+2. The quantitative estimate of drug-likeness (QED) is 0.668. The Kier molecular flexibility index (Phi) is 3.76. The minimum Gasteiger partial charge on any atom is -0.222 e. The summed E-state index contributed by atoms with van der Waals surface area (Å²) in [5, 5.41) is 4.55. The third-order valence-electron chi connectivity index (χ3n) is 4.47. The van der Waals surface area contributed by atoms with E-state index in [1.807, 2.05) is 10.9 Å². The molecule has 23 heavy (non-hydrogen) atoms. The lowest BCUT2D eigenvalue weighted by molar-refractivity contribution is -0.687. The van der Waals surface area contributed by atoms with Gasteiger partial charge in [0.05, 0.1) is 13.2 Å². The summed E-state index contributed by atoms with van der Waals surface area (Å²) in [6.45, 7) is 8.46. The highest BCUT2D eigenvalue weighted by Crippen LogP contribution is 2.18. The van der Waals surface area contributed by atoms with Crippen LogP contribution in [0.5, 0.6) is 0 Å². The van der Waals surface area contributed by atoms with Crippen molar-refractivity contribution in [2.75, 3.05) is 0 Å². The third kappa shape index (κ3) is 2.65. The van der Waals surface area contributed by atoms with Crippen LogP contribution in [-0.2, 0) is 14.1 Å². The molecule has 0 saturated heterocycles. The molecular weight excluding hydrogens is 284 g/mol. The van der Waals surface area contributed by atoms with E-state index in [0.717, 1.165) is 5.82 Å². The van der Waals surface area contributed by atoms with Gasteiger partial charge in [0.15, 0.2) is 11.9 Å². The molecule has 0 spiro atoms. The number of aryl methyl sites for hydroxylation is 4. The van der Waals surface area contributed by atoms with Gasteiger partial charge >= 0.3 is 5.82 Å². The zero-order valence-corrected chi connectivity index (χ0v) is 14.8. The molecule has 4 heteroatoms. The van der Waals surface area contributed by atoms with E-state index in [4.69, 9.17) is 0 Å². The molecule has 0 unspecified atom stereocenters. The molecule has 0 N–H and O–H groups in total. The van der Waals surface area contributed by atoms with Crippen LogP contribution in [0.4, 0.5) is 0 Å². The number of pyridine rings is 2. The van der Waals surface area contributed by atoms with Crippen LogP contribution in [0, 0.1) is 27.7 Å². The second kappa shape index (κ2) is 5.61. The summed E-state index contributed by atoms with van der Waals surface area (Å²) in [4.78, 5) is 0. The lowest BCUT2D eigenvalue weighted by Crippen LogP contribution is -2.42. The summed E-state index contributed by atoms with van der Waals surface area (Å²) in [7, 11) is 4.18. The summed E-state index contributed by atoms with van der Waals surface area (Å²) in [5.41, 5.74) is 7.23. The van der Waals surface area contributed by atoms with Crippen molar-refractivity contribution in [1.29, 1.82) is 0 Å². The first-order chi connectivity index (χ1) is 10.9. The van der Waals surface area contributed by atoms with Gasteiger partial charge in [-0.3, -0.25) is 0 Å². The van der Waals surface area contributed by atoms with Gasteiger partial charge in [-0.25, -0.2) is 4.57 Å². The fraction of sp³-hybridized carbons (Fsp3) is 0.316. The van der Waals surface area contributed by atoms with Crippen molar-refractivity contribution in [3.8, 4) is 17.2 Å². The van der Waals surface area contributed by atoms with Crippen molar-refractivity contribution < 1.29 is 9.13 Å². The molecule has 0 aliphatic rings. The molecule has 0 radical (unpaired) electrons. The van der Waals surface area contributed by atoms with E-state index in [2.05, 4.69) is 86.5 Å². The highest BCUT2D eigenvalue weighted by molar-refractivity contribution is 5.50. The Morgan fingerprint density at radius 2 is 1.61 bits per heavy atom. The molecule has 0 aliphatic heterocycles. The maximum Gasteiger partial charge on any atom is 0.307 e. The molecule has 4 nitrogen and oxygen atoms in total. The first-order valence-corrected chi connectivity index (χ1v) is 7.87. The van der Waals surface area contributed by atoms with Gasteiger partial charge in [0.2, 0.25) is 0 Å². The monoisotopic (exact) mass is 308 g/mol. The highest BCUT2D eigenvalue weighted by Gasteiger charge is 2.23. The summed E-state index contributed by atoms with van der Waals surface area (Å²) < 4.78 is 6.38. The number of hydrogen-bond acceptors (Lipinski definition) is 1. The summed E-state index contributed by atoms with van der Waals surface area (Å²) >= 11 is 0. The highest BCUT2D eigenvalue weighted by atomic mass is 15.3. The number of nitrogens with zero attached hydrogens (tertiary/aromatic N) is 4. The van der Waals surface area contributed by atoms with Crippen LogP contribution >= 0.6 is 0 Å². The van der Waals surface area contributed by atoms with Crippen molar-refractivity contribution in [3.05, 3.63) is 59.0 Å². The smallest absolute Gasteiger partial charge is 0.222 e. The normalized spacial score (nSPS) is 11.0. The van der Waals surface area contributed by atoms with E-state index in [1.165, 1.54) is 33.8 Å². The van der Waals surface area contributed by atoms with Crippen molar-refractivity contribution in [3.63, 3.8) is 0 Å². The largest absolute Gasteiger partial charge is 0.307 e. The van der Waals surface area contributed by atoms with Gasteiger partial charge in [0, 0.05) is 30.7 Å². The molecule has 0 amide bonds. The van der Waals surface area contributed by atoms with Crippen molar-refractivity contribution >= 4 is 0 Å². The molecule has 0 aliphatic carbocycles. The zero-order valence-electron chi connectivity index (χ0n) is 14.8. The Balaban J connectivity index is 2.28. The van der Waals surface area contributed by atoms with E-state index >= 15 is 0 Å². The van der Waals surface area contributed by atoms with E-state index in [9.17, 15) is 0 Å². The molecule has 3 rings (SSSR count). The van der Waals surface area contributed by atoms with Crippen LogP contribution < -0.4 is 9.13 Å². The molecule has 118 valence electrons. The minimum atomic E-state index is 1.08. The maximum atomic E-state index is 4.55. The van der Waals surface area contributed by atoms with Gasteiger partial charge in [-0.15, -0.1) is 4.68 Å². The summed E-state index contributed by atoms with van der Waals surface area (Å²) in [6.07, 6.45) is 4.03. The molecule has 3 aromatic rings. The van der Waals surface area contributed by atoms with Gasteiger partial charge in [-0.05, 0) is 38.0 Å². The van der Waals surface area contributed by atoms with Gasteiger partial charge in [0.1, 0.15) is 12.7 Å². The minimum absolute atomic E-state index is 1.08. The lowest BCUT2D eigenvalue weighted by Gasteiger charge is -2.08. The second-order valence-corrected chi connectivity index (χ2v) is 6.36. The number of rotatable bonds is 2. The zero-order chi connectivity index (χ0) is 16.7. The van der Waals surface area contributed by atoms with Crippen molar-refractivity contribution in [2.45, 2.75) is 27.7 Å². The Labute approximate surface area is 137 Å². The molecule has 0 fully saturated rings. The fourth-order valence-corrected chi connectivity index (χ4v) is 2.88. The van der Waals surface area contributed by atoms with Crippen molar-refractivity contribution in [1.82, 2.24) is 9.78 Å². The first-order valence-electron chi connectivity index (χ1n) is 7.87. The van der Waals surface area contributed by atoms with Crippen LogP contribution in [-0.4, -0.2) is 9.78 Å².